The predicted molar refractivity (Wildman–Crippen MR) is 87.1 cm³/mol. The summed E-state index contributed by atoms with van der Waals surface area (Å²) in [4.78, 5) is 2.38. The summed E-state index contributed by atoms with van der Waals surface area (Å²) in [6.45, 7) is 1.98. The Morgan fingerprint density at radius 1 is 0.900 bits per heavy atom. The fourth-order valence-electron chi connectivity index (χ4n) is 2.91. The smallest absolute Gasteiger partial charge is 0.0642 e. The van der Waals surface area contributed by atoms with Crippen LogP contribution in [0.15, 0.2) is 42.5 Å². The normalized spacial score (nSPS) is 14.8. The van der Waals surface area contributed by atoms with Crippen LogP contribution in [0, 0.1) is 0 Å². The number of para-hydroxylation sites is 1. The van der Waals surface area contributed by atoms with Gasteiger partial charge in [-0.15, -0.1) is 11.6 Å². The molecule has 104 valence electrons. The van der Waals surface area contributed by atoms with Gasteiger partial charge in [-0.05, 0) is 35.6 Å². The van der Waals surface area contributed by atoms with Gasteiger partial charge in [-0.2, -0.15) is 0 Å². The Morgan fingerprint density at radius 2 is 1.55 bits per heavy atom. The first kappa shape index (κ1) is 13.8. The van der Waals surface area contributed by atoms with Crippen LogP contribution in [0.25, 0.3) is 0 Å². The Morgan fingerprint density at radius 3 is 2.15 bits per heavy atom. The summed E-state index contributed by atoms with van der Waals surface area (Å²) in [5, 5.41) is 0.800. The Labute approximate surface area is 130 Å². The van der Waals surface area contributed by atoms with Crippen LogP contribution in [-0.4, -0.2) is 13.1 Å². The third-order valence-corrected chi connectivity index (χ3v) is 4.54. The van der Waals surface area contributed by atoms with Crippen molar-refractivity contribution in [3.05, 3.63) is 64.2 Å². The summed E-state index contributed by atoms with van der Waals surface area (Å²) in [6.07, 6.45) is 2.12. The minimum Gasteiger partial charge on any atom is -0.369 e. The molecule has 0 radical (unpaired) electrons. The largest absolute Gasteiger partial charge is 0.369 e. The Kier molecular flexibility index (Phi) is 4.18. The van der Waals surface area contributed by atoms with E-state index in [9.17, 15) is 0 Å². The zero-order chi connectivity index (χ0) is 13.9. The molecule has 1 aliphatic heterocycles. The summed E-state index contributed by atoms with van der Waals surface area (Å²) >= 11 is 12.5. The molecule has 3 rings (SSSR count). The number of benzene rings is 2. The lowest BCUT2D eigenvalue weighted by Gasteiger charge is -2.26. The molecule has 20 heavy (non-hydrogen) atoms. The van der Waals surface area contributed by atoms with Crippen LogP contribution >= 0.6 is 23.2 Å². The van der Waals surface area contributed by atoms with Crippen LogP contribution in [-0.2, 0) is 18.7 Å². The summed E-state index contributed by atoms with van der Waals surface area (Å²) in [5.74, 6) is 0.499. The van der Waals surface area contributed by atoms with Gasteiger partial charge in [-0.3, -0.25) is 0 Å². The number of hydrogen-bond acceptors (Lipinski definition) is 1. The molecule has 0 saturated carbocycles. The van der Waals surface area contributed by atoms with Crippen molar-refractivity contribution in [2.75, 3.05) is 18.0 Å². The van der Waals surface area contributed by atoms with E-state index in [0.29, 0.717) is 5.88 Å². The van der Waals surface area contributed by atoms with E-state index >= 15 is 0 Å². The third-order valence-electron chi connectivity index (χ3n) is 3.95. The van der Waals surface area contributed by atoms with Gasteiger partial charge in [0.1, 0.15) is 0 Å². The summed E-state index contributed by atoms with van der Waals surface area (Å²) in [5.41, 5.74) is 5.13. The van der Waals surface area contributed by atoms with Crippen LogP contribution < -0.4 is 4.90 Å². The fourth-order valence-corrected chi connectivity index (χ4v) is 3.44. The first-order valence-electron chi connectivity index (χ1n) is 6.94. The van der Waals surface area contributed by atoms with Gasteiger partial charge >= 0.3 is 0 Å². The Hall–Kier alpha value is -1.18. The minimum absolute atomic E-state index is 0.499. The first-order valence-corrected chi connectivity index (χ1v) is 7.86. The van der Waals surface area contributed by atoms with Gasteiger partial charge in [-0.1, -0.05) is 48.0 Å². The van der Waals surface area contributed by atoms with Crippen molar-refractivity contribution in [2.45, 2.75) is 18.7 Å². The van der Waals surface area contributed by atoms with Crippen molar-refractivity contribution in [3.8, 4) is 0 Å². The van der Waals surface area contributed by atoms with Crippen molar-refractivity contribution in [1.82, 2.24) is 0 Å². The van der Waals surface area contributed by atoms with Gasteiger partial charge in [-0.25, -0.2) is 0 Å². The van der Waals surface area contributed by atoms with Gasteiger partial charge < -0.3 is 4.90 Å². The lowest BCUT2D eigenvalue weighted by atomic mass is 10.0. The maximum absolute atomic E-state index is 6.41. The van der Waals surface area contributed by atoms with E-state index in [1.807, 2.05) is 12.1 Å². The molecule has 2 aromatic carbocycles. The lowest BCUT2D eigenvalue weighted by molar-refractivity contribution is 0.802. The van der Waals surface area contributed by atoms with Crippen LogP contribution in [0.5, 0.6) is 0 Å². The molecular formula is C17H17Cl2N. The van der Waals surface area contributed by atoms with Crippen molar-refractivity contribution < 1.29 is 0 Å². The van der Waals surface area contributed by atoms with E-state index < -0.39 is 0 Å². The molecule has 0 bridgehead atoms. The molecule has 0 spiro atoms. The molecular weight excluding hydrogens is 289 g/mol. The molecule has 0 amide bonds. The zero-order valence-corrected chi connectivity index (χ0v) is 12.8. The van der Waals surface area contributed by atoms with Crippen LogP contribution in [0.2, 0.25) is 5.02 Å². The predicted octanol–water partition coefficient (Wildman–Crippen LogP) is 4.68. The SMILES string of the molecule is ClCc1cccc(Cl)c1N1CCc2ccccc2CC1. The van der Waals surface area contributed by atoms with Gasteiger partial charge in [0, 0.05) is 19.0 Å². The van der Waals surface area contributed by atoms with Crippen molar-refractivity contribution in [3.63, 3.8) is 0 Å². The highest BCUT2D eigenvalue weighted by Gasteiger charge is 2.18. The number of rotatable bonds is 2. The maximum Gasteiger partial charge on any atom is 0.0642 e. The second-order valence-electron chi connectivity index (χ2n) is 5.14. The average Bonchev–Trinajstić information content (AvgIpc) is 2.69. The zero-order valence-electron chi connectivity index (χ0n) is 11.3. The molecule has 0 aliphatic carbocycles. The van der Waals surface area contributed by atoms with Crippen LogP contribution in [0.4, 0.5) is 5.69 Å². The monoisotopic (exact) mass is 305 g/mol. The number of hydrogen-bond donors (Lipinski definition) is 0. The Bertz CT molecular complexity index is 583. The number of nitrogens with zero attached hydrogens (tertiary/aromatic N) is 1. The molecule has 1 heterocycles. The molecule has 1 aliphatic rings. The van der Waals surface area contributed by atoms with Crippen molar-refractivity contribution in [2.24, 2.45) is 0 Å². The molecule has 0 fully saturated rings. The average molecular weight is 306 g/mol. The minimum atomic E-state index is 0.499. The van der Waals surface area contributed by atoms with E-state index in [4.69, 9.17) is 23.2 Å². The van der Waals surface area contributed by atoms with Crippen LogP contribution in [0.3, 0.4) is 0 Å². The molecule has 0 saturated heterocycles. The molecule has 1 nitrogen and oxygen atoms in total. The first-order chi connectivity index (χ1) is 9.79. The number of halogens is 2. The Balaban J connectivity index is 1.91. The summed E-state index contributed by atoms with van der Waals surface area (Å²) < 4.78 is 0. The highest BCUT2D eigenvalue weighted by Crippen LogP contribution is 2.32. The second-order valence-corrected chi connectivity index (χ2v) is 5.81. The molecule has 0 aromatic heterocycles. The molecule has 0 atom stereocenters. The number of fused-ring (bicyclic) bond motifs is 1. The van der Waals surface area contributed by atoms with Gasteiger partial charge in [0.05, 0.1) is 10.7 Å². The molecule has 0 N–H and O–H groups in total. The number of anilines is 1. The van der Waals surface area contributed by atoms with E-state index in [-0.39, 0.29) is 0 Å². The van der Waals surface area contributed by atoms with E-state index in [0.717, 1.165) is 42.2 Å². The molecule has 0 unspecified atom stereocenters. The van der Waals surface area contributed by atoms with Crippen molar-refractivity contribution in [1.29, 1.82) is 0 Å². The number of alkyl halides is 1. The maximum atomic E-state index is 6.41. The third kappa shape index (κ3) is 2.65. The van der Waals surface area contributed by atoms with E-state index in [1.54, 1.807) is 0 Å². The molecule has 3 heteroatoms. The topological polar surface area (TPSA) is 3.24 Å². The summed E-state index contributed by atoms with van der Waals surface area (Å²) in [7, 11) is 0. The van der Waals surface area contributed by atoms with Crippen LogP contribution in [0.1, 0.15) is 16.7 Å². The highest BCUT2D eigenvalue weighted by atomic mass is 35.5. The second kappa shape index (κ2) is 6.07. The van der Waals surface area contributed by atoms with Gasteiger partial charge in [0.25, 0.3) is 0 Å². The quantitative estimate of drug-likeness (QED) is 0.728. The van der Waals surface area contributed by atoms with E-state index in [1.165, 1.54) is 11.1 Å². The fraction of sp³-hybridized carbons (Fsp3) is 0.294. The highest BCUT2D eigenvalue weighted by molar-refractivity contribution is 6.33. The van der Waals surface area contributed by atoms with E-state index in [2.05, 4.69) is 35.2 Å². The van der Waals surface area contributed by atoms with Gasteiger partial charge in [0.2, 0.25) is 0 Å². The summed E-state index contributed by atoms with van der Waals surface area (Å²) in [6, 6.07) is 14.7. The molecule has 2 aromatic rings. The lowest BCUT2D eigenvalue weighted by Crippen LogP contribution is -2.27. The standard InChI is InChI=1S/C17H17Cl2N/c18-12-15-6-3-7-16(19)17(15)20-10-8-13-4-1-2-5-14(13)9-11-20/h1-7H,8-12H2. The van der Waals surface area contributed by atoms with Crippen molar-refractivity contribution >= 4 is 28.9 Å². The van der Waals surface area contributed by atoms with Gasteiger partial charge in [0.15, 0.2) is 0 Å².